The number of nitrogens with zero attached hydrogens (tertiary/aromatic N) is 2. The van der Waals surface area contributed by atoms with Crippen molar-refractivity contribution in [2.75, 3.05) is 32.1 Å². The van der Waals surface area contributed by atoms with Gasteiger partial charge in [-0.2, -0.15) is 4.72 Å². The number of nitro benzene ring substituents is 1. The molecule has 2 aromatic carbocycles. The van der Waals surface area contributed by atoms with Crippen LogP contribution in [0.25, 0.3) is 0 Å². The molecule has 0 atom stereocenters. The first kappa shape index (κ1) is 23.8. The first-order valence-electron chi connectivity index (χ1n) is 8.51. The number of nitro groups is 1. The van der Waals surface area contributed by atoms with Gasteiger partial charge in [-0.05, 0) is 30.3 Å². The van der Waals surface area contributed by atoms with Gasteiger partial charge in [0.15, 0.2) is 6.61 Å². The SMILES string of the molecule is CN(C)c1ccc(S(=O)(=O)NCC(=O)OCC(=O)c2cc(F)ccc2F)cc1[N+](=O)[O-]. The molecule has 0 aliphatic heterocycles. The molecule has 0 amide bonds. The average Bonchev–Trinajstić information content (AvgIpc) is 2.71. The lowest BCUT2D eigenvalue weighted by Crippen LogP contribution is -2.31. The fourth-order valence-corrected chi connectivity index (χ4v) is 3.41. The summed E-state index contributed by atoms with van der Waals surface area (Å²) in [4.78, 5) is 35.0. The van der Waals surface area contributed by atoms with E-state index in [0.717, 1.165) is 24.3 Å². The van der Waals surface area contributed by atoms with Crippen molar-refractivity contribution < 1.29 is 36.4 Å². The Hall–Kier alpha value is -3.45. The molecule has 2 rings (SSSR count). The molecule has 0 aliphatic rings. The van der Waals surface area contributed by atoms with Crippen LogP contribution in [0.15, 0.2) is 41.3 Å². The fourth-order valence-electron chi connectivity index (χ4n) is 2.42. The second-order valence-corrected chi connectivity index (χ2v) is 8.10. The quantitative estimate of drug-likeness (QED) is 0.260. The number of halogens is 2. The molecule has 13 heteroatoms. The van der Waals surface area contributed by atoms with E-state index in [2.05, 4.69) is 4.74 Å². The summed E-state index contributed by atoms with van der Waals surface area (Å²) >= 11 is 0. The van der Waals surface area contributed by atoms with Crippen LogP contribution in [-0.4, -0.2) is 52.3 Å². The highest BCUT2D eigenvalue weighted by Gasteiger charge is 2.23. The van der Waals surface area contributed by atoms with Gasteiger partial charge in [0.05, 0.1) is 15.4 Å². The largest absolute Gasteiger partial charge is 0.456 e. The third-order valence-electron chi connectivity index (χ3n) is 3.94. The molecule has 0 saturated carbocycles. The predicted octanol–water partition coefficient (Wildman–Crippen LogP) is 1.64. The maximum Gasteiger partial charge on any atom is 0.321 e. The molecule has 0 saturated heterocycles. The van der Waals surface area contributed by atoms with Crippen molar-refractivity contribution >= 4 is 33.2 Å². The van der Waals surface area contributed by atoms with Gasteiger partial charge in [0.1, 0.15) is 23.9 Å². The predicted molar refractivity (Wildman–Crippen MR) is 104 cm³/mol. The summed E-state index contributed by atoms with van der Waals surface area (Å²) in [6.45, 7) is -1.84. The number of hydrogen-bond acceptors (Lipinski definition) is 8. The molecule has 0 spiro atoms. The molecule has 0 unspecified atom stereocenters. The van der Waals surface area contributed by atoms with Crippen molar-refractivity contribution in [1.82, 2.24) is 4.72 Å². The van der Waals surface area contributed by atoms with Gasteiger partial charge in [-0.1, -0.05) is 0 Å². The van der Waals surface area contributed by atoms with Crippen LogP contribution < -0.4 is 9.62 Å². The number of carbonyl (C=O) groups excluding carboxylic acids is 2. The van der Waals surface area contributed by atoms with Crippen LogP contribution in [0.5, 0.6) is 0 Å². The van der Waals surface area contributed by atoms with E-state index >= 15 is 0 Å². The Kier molecular flexibility index (Phi) is 7.36. The van der Waals surface area contributed by atoms with Gasteiger partial charge in [-0.15, -0.1) is 0 Å². The van der Waals surface area contributed by atoms with Crippen LogP contribution in [0.2, 0.25) is 0 Å². The van der Waals surface area contributed by atoms with Gasteiger partial charge >= 0.3 is 5.97 Å². The molecular formula is C18H17F2N3O7S. The molecule has 2 aromatic rings. The standard InChI is InChI=1S/C18H17F2N3O7S/c1-22(2)15-6-4-12(8-16(15)23(26)27)31(28,29)21-9-18(25)30-10-17(24)13-7-11(19)3-5-14(13)20/h3-8,21H,9-10H2,1-2H3. The van der Waals surface area contributed by atoms with Crippen LogP contribution >= 0.6 is 0 Å². The van der Waals surface area contributed by atoms with E-state index in [9.17, 15) is 36.9 Å². The summed E-state index contributed by atoms with van der Waals surface area (Å²) in [5.74, 6) is -4.07. The van der Waals surface area contributed by atoms with E-state index in [1.54, 1.807) is 14.1 Å². The van der Waals surface area contributed by atoms with E-state index < -0.39 is 67.6 Å². The summed E-state index contributed by atoms with van der Waals surface area (Å²) in [5, 5.41) is 11.2. The molecule has 0 bridgehead atoms. The number of benzene rings is 2. The number of esters is 1. The Bertz CT molecular complexity index is 1140. The smallest absolute Gasteiger partial charge is 0.321 e. The molecule has 0 heterocycles. The Morgan fingerprint density at radius 1 is 1.16 bits per heavy atom. The van der Waals surface area contributed by atoms with Crippen LogP contribution in [0.4, 0.5) is 20.2 Å². The zero-order chi connectivity index (χ0) is 23.3. The van der Waals surface area contributed by atoms with E-state index in [-0.39, 0.29) is 5.69 Å². The molecular weight excluding hydrogens is 440 g/mol. The lowest BCUT2D eigenvalue weighted by atomic mass is 10.1. The van der Waals surface area contributed by atoms with Gasteiger partial charge in [0, 0.05) is 20.2 Å². The van der Waals surface area contributed by atoms with E-state index in [4.69, 9.17) is 0 Å². The van der Waals surface area contributed by atoms with Crippen molar-refractivity contribution in [2.45, 2.75) is 4.90 Å². The average molecular weight is 457 g/mol. The lowest BCUT2D eigenvalue weighted by Gasteiger charge is -2.13. The van der Waals surface area contributed by atoms with Crippen molar-refractivity contribution in [2.24, 2.45) is 0 Å². The Balaban J connectivity index is 2.02. The number of Topliss-reactive ketones (excluding diaryl/α,β-unsaturated/α-hetero) is 1. The van der Waals surface area contributed by atoms with Crippen molar-refractivity contribution in [3.63, 3.8) is 0 Å². The zero-order valence-electron chi connectivity index (χ0n) is 16.3. The summed E-state index contributed by atoms with van der Waals surface area (Å²) in [5.41, 5.74) is -0.911. The van der Waals surface area contributed by atoms with Gasteiger partial charge in [0.25, 0.3) is 5.69 Å². The highest BCUT2D eigenvalue weighted by Crippen LogP contribution is 2.29. The number of hydrogen-bond donors (Lipinski definition) is 1. The number of ketones is 1. The number of anilines is 1. The second kappa shape index (κ2) is 9.57. The molecule has 1 N–H and O–H groups in total. The Morgan fingerprint density at radius 2 is 1.84 bits per heavy atom. The first-order chi connectivity index (χ1) is 14.4. The van der Waals surface area contributed by atoms with Gasteiger partial charge < -0.3 is 9.64 Å². The molecule has 10 nitrogen and oxygen atoms in total. The summed E-state index contributed by atoms with van der Waals surface area (Å²) in [7, 11) is -1.24. The van der Waals surface area contributed by atoms with Crippen LogP contribution in [-0.2, 0) is 19.6 Å². The minimum Gasteiger partial charge on any atom is -0.456 e. The van der Waals surface area contributed by atoms with Crippen molar-refractivity contribution in [1.29, 1.82) is 0 Å². The number of rotatable bonds is 9. The van der Waals surface area contributed by atoms with E-state index in [1.165, 1.54) is 11.0 Å². The van der Waals surface area contributed by atoms with Crippen molar-refractivity contribution in [3.05, 3.63) is 63.7 Å². The second-order valence-electron chi connectivity index (χ2n) is 6.33. The van der Waals surface area contributed by atoms with Gasteiger partial charge in [-0.25, -0.2) is 17.2 Å². The lowest BCUT2D eigenvalue weighted by molar-refractivity contribution is -0.384. The molecule has 0 aromatic heterocycles. The topological polar surface area (TPSA) is 136 Å². The molecule has 0 aliphatic carbocycles. The number of nitrogens with one attached hydrogen (secondary N) is 1. The maximum atomic E-state index is 13.5. The van der Waals surface area contributed by atoms with Gasteiger partial charge in [-0.3, -0.25) is 19.7 Å². The number of carbonyl (C=O) groups is 2. The highest BCUT2D eigenvalue weighted by atomic mass is 32.2. The van der Waals surface area contributed by atoms with Crippen LogP contribution in [0.3, 0.4) is 0 Å². The van der Waals surface area contributed by atoms with E-state index in [0.29, 0.717) is 6.07 Å². The number of ether oxygens (including phenoxy) is 1. The number of sulfonamides is 1. The van der Waals surface area contributed by atoms with Crippen LogP contribution in [0.1, 0.15) is 10.4 Å². The normalized spacial score (nSPS) is 11.1. The van der Waals surface area contributed by atoms with Gasteiger partial charge in [0.2, 0.25) is 15.8 Å². The molecule has 0 fully saturated rings. The fraction of sp³-hybridized carbons (Fsp3) is 0.222. The summed E-state index contributed by atoms with van der Waals surface area (Å²) < 4.78 is 57.8. The molecule has 166 valence electrons. The minimum absolute atomic E-state index is 0.173. The van der Waals surface area contributed by atoms with Crippen molar-refractivity contribution in [3.8, 4) is 0 Å². The summed E-state index contributed by atoms with van der Waals surface area (Å²) in [6, 6.07) is 5.36. The minimum atomic E-state index is -4.33. The third-order valence-corrected chi connectivity index (χ3v) is 5.33. The third kappa shape index (κ3) is 6.02. The molecule has 31 heavy (non-hydrogen) atoms. The molecule has 0 radical (unpaired) electrons. The zero-order valence-corrected chi connectivity index (χ0v) is 17.1. The highest BCUT2D eigenvalue weighted by molar-refractivity contribution is 7.89. The Labute approximate surface area is 175 Å². The van der Waals surface area contributed by atoms with E-state index in [1.807, 2.05) is 4.72 Å². The monoisotopic (exact) mass is 457 g/mol. The summed E-state index contributed by atoms with van der Waals surface area (Å²) in [6.07, 6.45) is 0. The Morgan fingerprint density at radius 3 is 2.45 bits per heavy atom. The maximum absolute atomic E-state index is 13.5. The van der Waals surface area contributed by atoms with Crippen LogP contribution in [0, 0.1) is 21.7 Å². The first-order valence-corrected chi connectivity index (χ1v) is 10.00.